The first-order valence-corrected chi connectivity index (χ1v) is 8.91. The monoisotopic (exact) mass is 421 g/mol. The van der Waals surface area contributed by atoms with Gasteiger partial charge in [-0.05, 0) is 24.3 Å². The number of fused-ring (bicyclic) bond motifs is 1. The van der Waals surface area contributed by atoms with Gasteiger partial charge in [0.25, 0.3) is 0 Å². The lowest BCUT2D eigenvalue weighted by Gasteiger charge is -2.17. The van der Waals surface area contributed by atoms with E-state index in [0.717, 1.165) is 17.0 Å². The van der Waals surface area contributed by atoms with Gasteiger partial charge in [0.2, 0.25) is 0 Å². The number of anilines is 1. The van der Waals surface area contributed by atoms with E-state index < -0.39 is 30.0 Å². The SMILES string of the molecule is O=C(O)N1C[C@H](F)[C@H](Nc2nnc(-c3ccc(C(F)(F)F)cc3)c3ncccc23)C1. The van der Waals surface area contributed by atoms with Gasteiger partial charge in [-0.25, -0.2) is 9.18 Å². The van der Waals surface area contributed by atoms with Gasteiger partial charge in [-0.2, -0.15) is 13.2 Å². The second-order valence-electron chi connectivity index (χ2n) is 6.83. The van der Waals surface area contributed by atoms with Gasteiger partial charge in [0.15, 0.2) is 5.82 Å². The van der Waals surface area contributed by atoms with Gasteiger partial charge < -0.3 is 15.3 Å². The number of amides is 1. The summed E-state index contributed by atoms with van der Waals surface area (Å²) in [5, 5.41) is 20.6. The van der Waals surface area contributed by atoms with Crippen LogP contribution < -0.4 is 5.32 Å². The second kappa shape index (κ2) is 7.39. The number of nitrogens with zero attached hydrogens (tertiary/aromatic N) is 4. The van der Waals surface area contributed by atoms with Crippen LogP contribution in [0, 0.1) is 0 Å². The number of alkyl halides is 4. The van der Waals surface area contributed by atoms with E-state index >= 15 is 0 Å². The summed E-state index contributed by atoms with van der Waals surface area (Å²) in [5.41, 5.74) is 0.263. The maximum atomic E-state index is 14.2. The predicted octanol–water partition coefficient (Wildman–Crippen LogP) is 3.82. The number of aromatic nitrogens is 3. The summed E-state index contributed by atoms with van der Waals surface area (Å²) >= 11 is 0. The normalized spacial score (nSPS) is 19.3. The lowest BCUT2D eigenvalue weighted by Crippen LogP contribution is -2.31. The predicted molar refractivity (Wildman–Crippen MR) is 99.7 cm³/mol. The Morgan fingerprint density at radius 2 is 1.87 bits per heavy atom. The van der Waals surface area contributed by atoms with Crippen molar-refractivity contribution in [2.75, 3.05) is 18.4 Å². The average Bonchev–Trinajstić information content (AvgIpc) is 3.08. The van der Waals surface area contributed by atoms with Crippen LogP contribution in [0.25, 0.3) is 22.2 Å². The quantitative estimate of drug-likeness (QED) is 0.625. The molecular weight excluding hydrogens is 406 g/mol. The van der Waals surface area contributed by atoms with E-state index in [0.29, 0.717) is 16.5 Å². The molecule has 4 rings (SSSR count). The van der Waals surface area contributed by atoms with Crippen molar-refractivity contribution < 1.29 is 27.5 Å². The Bertz CT molecular complexity index is 1090. The summed E-state index contributed by atoms with van der Waals surface area (Å²) in [7, 11) is 0. The molecular formula is C19H15F4N5O2. The van der Waals surface area contributed by atoms with Crippen LogP contribution in [0.5, 0.6) is 0 Å². The van der Waals surface area contributed by atoms with E-state index in [2.05, 4.69) is 20.5 Å². The van der Waals surface area contributed by atoms with Gasteiger partial charge in [-0.1, -0.05) is 12.1 Å². The number of rotatable bonds is 3. The highest BCUT2D eigenvalue weighted by Crippen LogP contribution is 2.33. The van der Waals surface area contributed by atoms with Crippen LogP contribution in [0.15, 0.2) is 42.6 Å². The molecule has 1 amide bonds. The lowest BCUT2D eigenvalue weighted by molar-refractivity contribution is -0.137. The van der Waals surface area contributed by atoms with Crippen molar-refractivity contribution in [3.8, 4) is 11.3 Å². The molecule has 0 radical (unpaired) electrons. The molecule has 1 aliphatic rings. The first kappa shape index (κ1) is 19.8. The summed E-state index contributed by atoms with van der Waals surface area (Å²) in [6, 6.07) is 6.97. The van der Waals surface area contributed by atoms with Crippen molar-refractivity contribution in [1.29, 1.82) is 0 Å². The first-order valence-electron chi connectivity index (χ1n) is 8.91. The second-order valence-corrected chi connectivity index (χ2v) is 6.83. The minimum Gasteiger partial charge on any atom is -0.465 e. The third-order valence-corrected chi connectivity index (χ3v) is 4.86. The van der Waals surface area contributed by atoms with E-state index in [1.807, 2.05) is 0 Å². The zero-order valence-electron chi connectivity index (χ0n) is 15.3. The molecule has 11 heteroatoms. The van der Waals surface area contributed by atoms with Crippen LogP contribution in [0.3, 0.4) is 0 Å². The maximum Gasteiger partial charge on any atom is 0.416 e. The summed E-state index contributed by atoms with van der Waals surface area (Å²) < 4.78 is 52.7. The molecule has 156 valence electrons. The van der Waals surface area contributed by atoms with E-state index in [1.54, 1.807) is 12.1 Å². The molecule has 3 heterocycles. The molecule has 1 saturated heterocycles. The third kappa shape index (κ3) is 3.70. The molecule has 2 N–H and O–H groups in total. The highest BCUT2D eigenvalue weighted by atomic mass is 19.4. The molecule has 1 fully saturated rings. The number of carbonyl (C=O) groups is 1. The van der Waals surface area contributed by atoms with Crippen LogP contribution in [-0.4, -0.2) is 56.6 Å². The van der Waals surface area contributed by atoms with Crippen molar-refractivity contribution in [3.05, 3.63) is 48.2 Å². The van der Waals surface area contributed by atoms with Crippen molar-refractivity contribution in [2.45, 2.75) is 18.4 Å². The Morgan fingerprint density at radius 3 is 2.50 bits per heavy atom. The zero-order valence-corrected chi connectivity index (χ0v) is 15.3. The highest BCUT2D eigenvalue weighted by Gasteiger charge is 2.36. The molecule has 0 unspecified atom stereocenters. The molecule has 3 aromatic rings. The van der Waals surface area contributed by atoms with Gasteiger partial charge in [-0.15, -0.1) is 10.2 Å². The lowest BCUT2D eigenvalue weighted by atomic mass is 10.1. The van der Waals surface area contributed by atoms with Gasteiger partial charge >= 0.3 is 12.3 Å². The van der Waals surface area contributed by atoms with Crippen molar-refractivity contribution in [2.24, 2.45) is 0 Å². The third-order valence-electron chi connectivity index (χ3n) is 4.86. The molecule has 2 aromatic heterocycles. The van der Waals surface area contributed by atoms with Crippen LogP contribution in [0.2, 0.25) is 0 Å². The Hall–Kier alpha value is -3.50. The van der Waals surface area contributed by atoms with Gasteiger partial charge in [0, 0.05) is 23.7 Å². The van der Waals surface area contributed by atoms with Crippen molar-refractivity contribution in [1.82, 2.24) is 20.1 Å². The minimum absolute atomic E-state index is 0.0550. The Kier molecular flexibility index (Phi) is 4.88. The summed E-state index contributed by atoms with van der Waals surface area (Å²) in [6.45, 7) is -0.305. The summed E-state index contributed by atoms with van der Waals surface area (Å²) in [5.74, 6) is 0.216. The number of hydrogen-bond acceptors (Lipinski definition) is 5. The van der Waals surface area contributed by atoms with E-state index in [-0.39, 0.29) is 24.6 Å². The fraction of sp³-hybridized carbons (Fsp3) is 0.263. The number of nitrogens with one attached hydrogen (secondary N) is 1. The van der Waals surface area contributed by atoms with Crippen LogP contribution >= 0.6 is 0 Å². The molecule has 0 aliphatic carbocycles. The summed E-state index contributed by atoms with van der Waals surface area (Å²) in [4.78, 5) is 16.3. The molecule has 7 nitrogen and oxygen atoms in total. The Labute approximate surface area is 167 Å². The smallest absolute Gasteiger partial charge is 0.416 e. The van der Waals surface area contributed by atoms with E-state index in [1.165, 1.54) is 18.3 Å². The number of halogens is 4. The standard InChI is InChI=1S/C19H15F4N5O2/c20-13-8-28(18(29)30)9-14(13)25-17-12-2-1-7-24-16(12)15(26-27-17)10-3-5-11(6-4-10)19(21,22)23/h1-7,13-14H,8-9H2,(H,25,27)(H,29,30)/t13-,14+/m0/s1. The van der Waals surface area contributed by atoms with E-state index in [4.69, 9.17) is 5.11 Å². The average molecular weight is 421 g/mol. The minimum atomic E-state index is -4.45. The van der Waals surface area contributed by atoms with Gasteiger partial charge in [0.05, 0.1) is 18.2 Å². The summed E-state index contributed by atoms with van der Waals surface area (Å²) in [6.07, 6.45) is -5.59. The number of likely N-dealkylation sites (tertiary alicyclic amines) is 1. The molecule has 1 aliphatic heterocycles. The number of carboxylic acid groups (broad SMARTS) is 1. The molecule has 0 bridgehead atoms. The Balaban J connectivity index is 1.68. The molecule has 0 saturated carbocycles. The largest absolute Gasteiger partial charge is 0.465 e. The first-order chi connectivity index (χ1) is 14.2. The molecule has 30 heavy (non-hydrogen) atoms. The van der Waals surface area contributed by atoms with Gasteiger partial charge in [-0.3, -0.25) is 4.98 Å². The number of benzene rings is 1. The fourth-order valence-electron chi connectivity index (χ4n) is 3.34. The molecule has 2 atom stereocenters. The van der Waals surface area contributed by atoms with Crippen molar-refractivity contribution in [3.63, 3.8) is 0 Å². The topological polar surface area (TPSA) is 91.2 Å². The number of hydrogen-bond donors (Lipinski definition) is 2. The Morgan fingerprint density at radius 1 is 1.13 bits per heavy atom. The van der Waals surface area contributed by atoms with E-state index in [9.17, 15) is 22.4 Å². The fourth-order valence-corrected chi connectivity index (χ4v) is 3.34. The molecule has 0 spiro atoms. The number of pyridine rings is 1. The highest BCUT2D eigenvalue weighted by molar-refractivity contribution is 5.97. The van der Waals surface area contributed by atoms with Crippen molar-refractivity contribution >= 4 is 22.8 Å². The van der Waals surface area contributed by atoms with Crippen LogP contribution in [0.4, 0.5) is 28.2 Å². The zero-order chi connectivity index (χ0) is 21.5. The van der Waals surface area contributed by atoms with Crippen LogP contribution in [0.1, 0.15) is 5.56 Å². The van der Waals surface area contributed by atoms with Gasteiger partial charge in [0.1, 0.15) is 17.4 Å². The molecule has 1 aromatic carbocycles. The maximum absolute atomic E-state index is 14.2. The van der Waals surface area contributed by atoms with Crippen LogP contribution in [-0.2, 0) is 6.18 Å².